The van der Waals surface area contributed by atoms with E-state index in [0.29, 0.717) is 6.54 Å². The van der Waals surface area contributed by atoms with Crippen molar-refractivity contribution >= 4 is 28.8 Å². The van der Waals surface area contributed by atoms with Gasteiger partial charge in [0.25, 0.3) is 0 Å². The Hall–Kier alpha value is -5.07. The molecule has 0 fully saturated rings. The summed E-state index contributed by atoms with van der Waals surface area (Å²) in [6.45, 7) is 2.19. The van der Waals surface area contributed by atoms with Gasteiger partial charge in [0.15, 0.2) is 17.1 Å². The maximum absolute atomic E-state index is 10.3. The molecule has 4 N–H and O–H groups in total. The molecule has 2 aromatic carbocycles. The molecule has 0 saturated heterocycles. The smallest absolute Gasteiger partial charge is 0.336 e. The third kappa shape index (κ3) is 9.21. The van der Waals surface area contributed by atoms with Gasteiger partial charge in [-0.3, -0.25) is 24.5 Å². The predicted octanol–water partition coefficient (Wildman–Crippen LogP) is 3.60. The van der Waals surface area contributed by atoms with Crippen molar-refractivity contribution in [2.45, 2.75) is 38.1 Å². The van der Waals surface area contributed by atoms with Crippen molar-refractivity contribution in [3.8, 4) is 11.5 Å². The Labute approximate surface area is 247 Å². The molecular weight excluding hydrogens is 558 g/mol. The van der Waals surface area contributed by atoms with Gasteiger partial charge in [0.2, 0.25) is 0 Å². The lowest BCUT2D eigenvalue weighted by molar-refractivity contribution is -0.170. The van der Waals surface area contributed by atoms with E-state index in [-0.39, 0.29) is 0 Å². The van der Waals surface area contributed by atoms with E-state index in [2.05, 4.69) is 45.2 Å². The number of hydrogen-bond donors (Lipinski definition) is 4. The zero-order chi connectivity index (χ0) is 31.4. The van der Waals surface area contributed by atoms with E-state index < -0.39 is 36.4 Å². The van der Waals surface area contributed by atoms with Crippen LogP contribution < -0.4 is 9.47 Å². The molecule has 4 aromatic rings. The highest BCUT2D eigenvalue weighted by atomic mass is 16.5. The van der Waals surface area contributed by atoms with Crippen molar-refractivity contribution in [1.29, 1.82) is 0 Å². The summed E-state index contributed by atoms with van der Waals surface area (Å²) in [6, 6.07) is 22.4. The average Bonchev–Trinajstić information content (AvgIpc) is 2.97. The fraction of sp³-hybridized carbons (Fsp3) is 0.258. The molecule has 0 atom stereocenters. The summed E-state index contributed by atoms with van der Waals surface area (Å²) in [5.74, 6) is -3.51. The molecule has 0 radical (unpaired) electrons. The molecule has 0 aliphatic carbocycles. The molecule has 12 nitrogen and oxygen atoms in total. The second kappa shape index (κ2) is 15.2. The SMILES string of the molecule is COc1cccc(CN(Cc2ccccn2)Cc2ccnc3ccccc23)c1OC.O=C(O)CC(O)(CC(=O)O)C(=O)O. The van der Waals surface area contributed by atoms with Crippen LogP contribution in [-0.2, 0) is 34.0 Å². The molecule has 0 bridgehead atoms. The van der Waals surface area contributed by atoms with Gasteiger partial charge in [0, 0.05) is 43.0 Å². The van der Waals surface area contributed by atoms with Crippen molar-refractivity contribution in [2.24, 2.45) is 0 Å². The van der Waals surface area contributed by atoms with Crippen LogP contribution in [0, 0.1) is 0 Å². The summed E-state index contributed by atoms with van der Waals surface area (Å²) >= 11 is 0. The molecule has 0 spiro atoms. The van der Waals surface area contributed by atoms with Gasteiger partial charge < -0.3 is 29.9 Å². The number of carbonyl (C=O) groups is 3. The summed E-state index contributed by atoms with van der Waals surface area (Å²) in [5.41, 5.74) is 1.60. The second-order valence-corrected chi connectivity index (χ2v) is 9.58. The zero-order valence-electron chi connectivity index (χ0n) is 23.7. The Balaban J connectivity index is 0.000000331. The maximum Gasteiger partial charge on any atom is 0.336 e. The Morgan fingerprint density at radius 2 is 1.42 bits per heavy atom. The van der Waals surface area contributed by atoms with Crippen LogP contribution in [-0.4, -0.2) is 73.0 Å². The summed E-state index contributed by atoms with van der Waals surface area (Å²) in [4.78, 5) is 41.9. The van der Waals surface area contributed by atoms with Crippen LogP contribution in [0.15, 0.2) is 79.1 Å². The number of rotatable bonds is 13. The van der Waals surface area contributed by atoms with Gasteiger partial charge >= 0.3 is 17.9 Å². The molecule has 0 aliphatic rings. The van der Waals surface area contributed by atoms with Gasteiger partial charge in [-0.15, -0.1) is 0 Å². The number of methoxy groups -OCH3 is 2. The minimum Gasteiger partial charge on any atom is -0.493 e. The summed E-state index contributed by atoms with van der Waals surface area (Å²) in [6.07, 6.45) is 1.42. The first-order valence-electron chi connectivity index (χ1n) is 13.1. The van der Waals surface area contributed by atoms with Crippen molar-refractivity contribution in [1.82, 2.24) is 14.9 Å². The lowest BCUT2D eigenvalue weighted by Crippen LogP contribution is -2.42. The van der Waals surface area contributed by atoms with Crippen molar-refractivity contribution in [3.05, 3.63) is 95.9 Å². The first-order chi connectivity index (χ1) is 20.6. The van der Waals surface area contributed by atoms with Gasteiger partial charge in [-0.2, -0.15) is 0 Å². The minimum atomic E-state index is -2.74. The number of aliphatic carboxylic acids is 3. The number of pyridine rings is 2. The molecule has 0 saturated carbocycles. The number of benzene rings is 2. The van der Waals surface area contributed by atoms with Gasteiger partial charge in [0.05, 0.1) is 38.3 Å². The number of carboxylic acids is 3. The number of aliphatic hydroxyl groups is 1. The maximum atomic E-state index is 10.3. The standard InChI is InChI=1S/C25H25N3O2.C6H8O7/c1-29-24-12-7-8-20(25(24)30-2)17-28(18-21-9-5-6-14-26-21)16-19-13-15-27-23-11-4-3-10-22(19)23;7-3(8)1-6(13,5(11)12)2-4(9)10/h3-15H,16-18H2,1-2H3;13H,1-2H2,(H,7,8)(H,9,10)(H,11,12). The molecule has 2 aromatic heterocycles. The van der Waals surface area contributed by atoms with Gasteiger partial charge in [-0.1, -0.05) is 36.4 Å². The van der Waals surface area contributed by atoms with Gasteiger partial charge in [0.1, 0.15) is 0 Å². The summed E-state index contributed by atoms with van der Waals surface area (Å²) in [7, 11) is 3.34. The van der Waals surface area contributed by atoms with E-state index >= 15 is 0 Å². The van der Waals surface area contributed by atoms with Crippen LogP contribution in [0.5, 0.6) is 11.5 Å². The highest BCUT2D eigenvalue weighted by Gasteiger charge is 2.40. The van der Waals surface area contributed by atoms with E-state index in [1.807, 2.05) is 48.8 Å². The lowest BCUT2D eigenvalue weighted by atomic mass is 9.96. The fourth-order valence-corrected chi connectivity index (χ4v) is 4.46. The number of carboxylic acid groups (broad SMARTS) is 3. The topological polar surface area (TPSA) is 180 Å². The molecular formula is C31H33N3O9. The van der Waals surface area contributed by atoms with Crippen molar-refractivity contribution < 1.29 is 44.3 Å². The van der Waals surface area contributed by atoms with Crippen LogP contribution in [0.4, 0.5) is 0 Å². The molecule has 43 heavy (non-hydrogen) atoms. The Kier molecular flexibility index (Phi) is 11.5. The largest absolute Gasteiger partial charge is 0.493 e. The second-order valence-electron chi connectivity index (χ2n) is 9.58. The molecule has 12 heteroatoms. The van der Waals surface area contributed by atoms with E-state index in [1.165, 1.54) is 10.9 Å². The average molecular weight is 592 g/mol. The van der Waals surface area contributed by atoms with E-state index in [0.717, 1.165) is 41.4 Å². The molecule has 0 unspecified atom stereocenters. The van der Waals surface area contributed by atoms with Crippen molar-refractivity contribution in [3.63, 3.8) is 0 Å². The van der Waals surface area contributed by atoms with Crippen LogP contribution in [0.1, 0.15) is 29.7 Å². The Bertz CT molecular complexity index is 1530. The van der Waals surface area contributed by atoms with Gasteiger partial charge in [-0.05, 0) is 35.9 Å². The normalized spacial score (nSPS) is 11.0. The zero-order valence-corrected chi connectivity index (χ0v) is 23.7. The molecule has 4 rings (SSSR count). The van der Waals surface area contributed by atoms with Crippen LogP contribution in [0.25, 0.3) is 10.9 Å². The molecule has 2 heterocycles. The fourth-order valence-electron chi connectivity index (χ4n) is 4.46. The number of ether oxygens (including phenoxy) is 2. The quantitative estimate of drug-likeness (QED) is 0.178. The molecule has 0 amide bonds. The Morgan fingerprint density at radius 1 is 0.744 bits per heavy atom. The third-order valence-corrected chi connectivity index (χ3v) is 6.41. The van der Waals surface area contributed by atoms with E-state index in [1.54, 1.807) is 14.2 Å². The van der Waals surface area contributed by atoms with Gasteiger partial charge in [-0.25, -0.2) is 4.79 Å². The van der Waals surface area contributed by atoms with E-state index in [9.17, 15) is 14.4 Å². The number of hydrogen-bond acceptors (Lipinski definition) is 9. The number of nitrogens with zero attached hydrogens (tertiary/aromatic N) is 3. The van der Waals surface area contributed by atoms with Crippen molar-refractivity contribution in [2.75, 3.05) is 14.2 Å². The first kappa shape index (κ1) is 32.4. The Morgan fingerprint density at radius 3 is 2.02 bits per heavy atom. The van der Waals surface area contributed by atoms with Crippen LogP contribution in [0.3, 0.4) is 0 Å². The van der Waals surface area contributed by atoms with Crippen LogP contribution >= 0.6 is 0 Å². The van der Waals surface area contributed by atoms with E-state index in [4.69, 9.17) is 29.9 Å². The monoisotopic (exact) mass is 591 g/mol. The number of aromatic nitrogens is 2. The highest BCUT2D eigenvalue weighted by Crippen LogP contribution is 2.32. The molecule has 226 valence electrons. The predicted molar refractivity (Wildman–Crippen MR) is 156 cm³/mol. The summed E-state index contributed by atoms with van der Waals surface area (Å²) < 4.78 is 11.2. The van der Waals surface area contributed by atoms with Crippen LogP contribution in [0.2, 0.25) is 0 Å². The number of fused-ring (bicyclic) bond motifs is 1. The third-order valence-electron chi connectivity index (χ3n) is 6.41. The first-order valence-corrected chi connectivity index (χ1v) is 13.1. The number of para-hydroxylation sites is 2. The minimum absolute atomic E-state index is 0.702. The molecule has 0 aliphatic heterocycles. The highest BCUT2D eigenvalue weighted by molar-refractivity contribution is 5.88. The summed E-state index contributed by atoms with van der Waals surface area (Å²) in [5, 5.41) is 35.0. The lowest BCUT2D eigenvalue weighted by Gasteiger charge is -2.24.